The molecule has 1 unspecified atom stereocenters. The van der Waals surface area contributed by atoms with E-state index >= 15 is 0 Å². The molecule has 6 heteroatoms. The minimum Gasteiger partial charge on any atom is -0.480 e. The topological polar surface area (TPSA) is 83.5 Å². The Labute approximate surface area is 121 Å². The van der Waals surface area contributed by atoms with Crippen molar-refractivity contribution in [2.24, 2.45) is 0 Å². The fourth-order valence-electron chi connectivity index (χ4n) is 1.56. The van der Waals surface area contributed by atoms with E-state index < -0.39 is 17.1 Å². The number of thioether (sulfide) groups is 1. The van der Waals surface area contributed by atoms with Crippen molar-refractivity contribution in [3.05, 3.63) is 35.9 Å². The number of nitrogens with one attached hydrogen (secondary N) is 1. The number of imide groups is 1. The van der Waals surface area contributed by atoms with Crippen LogP contribution in [0.1, 0.15) is 18.9 Å². The van der Waals surface area contributed by atoms with Crippen LogP contribution in [0, 0.1) is 0 Å². The summed E-state index contributed by atoms with van der Waals surface area (Å²) < 4.78 is 0. The van der Waals surface area contributed by atoms with Crippen LogP contribution in [0.2, 0.25) is 0 Å². The van der Waals surface area contributed by atoms with Gasteiger partial charge in [-0.3, -0.25) is 19.7 Å². The minimum absolute atomic E-state index is 0.0364. The Bertz CT molecular complexity index is 475. The first-order chi connectivity index (χ1) is 9.52. The molecule has 0 aliphatic rings. The summed E-state index contributed by atoms with van der Waals surface area (Å²) in [5.41, 5.74) is 0.822. The summed E-state index contributed by atoms with van der Waals surface area (Å²) in [7, 11) is 0. The minimum atomic E-state index is -0.944. The highest BCUT2D eigenvalue weighted by Crippen LogP contribution is 2.14. The molecule has 1 aromatic carbocycles. The lowest BCUT2D eigenvalue weighted by atomic mass is 10.1. The van der Waals surface area contributed by atoms with Crippen LogP contribution in [0.15, 0.2) is 30.3 Å². The molecule has 0 spiro atoms. The van der Waals surface area contributed by atoms with Gasteiger partial charge >= 0.3 is 5.97 Å². The monoisotopic (exact) mass is 295 g/mol. The first-order valence-corrected chi connectivity index (χ1v) is 7.28. The van der Waals surface area contributed by atoms with Gasteiger partial charge in [0.05, 0.1) is 12.2 Å². The van der Waals surface area contributed by atoms with E-state index in [0.717, 1.165) is 17.3 Å². The lowest BCUT2D eigenvalue weighted by molar-refractivity contribution is -0.136. The quantitative estimate of drug-likeness (QED) is 0.796. The van der Waals surface area contributed by atoms with E-state index in [1.165, 1.54) is 0 Å². The molecule has 0 aliphatic heterocycles. The highest BCUT2D eigenvalue weighted by Gasteiger charge is 2.17. The van der Waals surface area contributed by atoms with Crippen molar-refractivity contribution in [3.63, 3.8) is 0 Å². The first kappa shape index (κ1) is 16.2. The van der Waals surface area contributed by atoms with Gasteiger partial charge in [0.1, 0.15) is 5.25 Å². The van der Waals surface area contributed by atoms with E-state index in [1.807, 2.05) is 18.2 Å². The molecule has 1 aromatic rings. The Hall–Kier alpha value is -1.82. The maximum Gasteiger partial charge on any atom is 0.316 e. The molecule has 2 N–H and O–H groups in total. The van der Waals surface area contributed by atoms with E-state index in [0.29, 0.717) is 6.42 Å². The smallest absolute Gasteiger partial charge is 0.316 e. The van der Waals surface area contributed by atoms with Gasteiger partial charge in [0, 0.05) is 0 Å². The average Bonchev–Trinajstić information content (AvgIpc) is 2.39. The van der Waals surface area contributed by atoms with Crippen LogP contribution in [-0.4, -0.2) is 33.9 Å². The lowest BCUT2D eigenvalue weighted by Crippen LogP contribution is -2.34. The third-order valence-electron chi connectivity index (χ3n) is 2.55. The zero-order chi connectivity index (χ0) is 15.0. The summed E-state index contributed by atoms with van der Waals surface area (Å²) in [6, 6.07) is 9.09. The molecule has 0 bridgehead atoms. The number of aliphatic carboxylic acids is 1. The fraction of sp³-hybridized carbons (Fsp3) is 0.357. The maximum atomic E-state index is 11.6. The number of rotatable bonds is 7. The number of benzene rings is 1. The molecule has 0 fully saturated rings. The highest BCUT2D eigenvalue weighted by molar-refractivity contribution is 8.01. The van der Waals surface area contributed by atoms with Crippen LogP contribution in [0.5, 0.6) is 0 Å². The second kappa shape index (κ2) is 8.37. The number of carboxylic acids is 1. The van der Waals surface area contributed by atoms with Crippen molar-refractivity contribution in [2.75, 3.05) is 5.75 Å². The van der Waals surface area contributed by atoms with E-state index in [9.17, 15) is 14.4 Å². The van der Waals surface area contributed by atoms with Crippen LogP contribution in [-0.2, 0) is 20.8 Å². The molecule has 2 amide bonds. The summed E-state index contributed by atoms with van der Waals surface area (Å²) >= 11 is 1.02. The zero-order valence-corrected chi connectivity index (χ0v) is 12.0. The van der Waals surface area contributed by atoms with E-state index in [1.54, 1.807) is 19.1 Å². The first-order valence-electron chi connectivity index (χ1n) is 6.24. The largest absolute Gasteiger partial charge is 0.480 e. The van der Waals surface area contributed by atoms with E-state index in [4.69, 9.17) is 5.11 Å². The van der Waals surface area contributed by atoms with Crippen LogP contribution >= 0.6 is 11.8 Å². The lowest BCUT2D eigenvalue weighted by Gasteiger charge is -2.09. The highest BCUT2D eigenvalue weighted by atomic mass is 32.2. The van der Waals surface area contributed by atoms with Gasteiger partial charge in [-0.15, -0.1) is 11.8 Å². The molecule has 1 rings (SSSR count). The van der Waals surface area contributed by atoms with Crippen LogP contribution in [0.25, 0.3) is 0 Å². The Balaban J connectivity index is 2.35. The van der Waals surface area contributed by atoms with Crippen LogP contribution in [0.4, 0.5) is 0 Å². The zero-order valence-electron chi connectivity index (χ0n) is 11.2. The molecule has 0 heterocycles. The summed E-state index contributed by atoms with van der Waals surface area (Å²) in [5.74, 6) is -1.83. The second-order valence-corrected chi connectivity index (χ2v) is 5.37. The second-order valence-electron chi connectivity index (χ2n) is 4.18. The molecule has 0 radical (unpaired) electrons. The molecule has 0 aromatic heterocycles. The molecule has 1 atom stereocenters. The number of hydrogen-bond donors (Lipinski definition) is 2. The van der Waals surface area contributed by atoms with E-state index in [2.05, 4.69) is 5.32 Å². The molecular formula is C14H17NO4S. The number of carboxylic acid groups (broad SMARTS) is 1. The number of amides is 2. The predicted molar refractivity (Wildman–Crippen MR) is 77.5 cm³/mol. The van der Waals surface area contributed by atoms with Gasteiger partial charge in [0.15, 0.2) is 0 Å². The van der Waals surface area contributed by atoms with Gasteiger partial charge in [-0.05, 0) is 12.0 Å². The molecule has 0 saturated heterocycles. The maximum absolute atomic E-state index is 11.6. The molecular weight excluding hydrogens is 278 g/mol. The number of carbonyl (C=O) groups is 3. The van der Waals surface area contributed by atoms with Crippen molar-refractivity contribution in [3.8, 4) is 0 Å². The summed E-state index contributed by atoms with van der Waals surface area (Å²) in [4.78, 5) is 33.9. The molecule has 108 valence electrons. The Morgan fingerprint density at radius 2 is 1.85 bits per heavy atom. The number of carbonyl (C=O) groups excluding carboxylic acids is 2. The Kier molecular flexibility index (Phi) is 6.79. The Morgan fingerprint density at radius 1 is 1.20 bits per heavy atom. The SMILES string of the molecule is CCC(SCC(=O)NC(=O)Cc1ccccc1)C(=O)O. The normalized spacial score (nSPS) is 11.7. The van der Waals surface area contributed by atoms with Crippen molar-refractivity contribution in [2.45, 2.75) is 25.0 Å². The van der Waals surface area contributed by atoms with Gasteiger partial charge in [0.25, 0.3) is 0 Å². The third kappa shape index (κ3) is 5.88. The van der Waals surface area contributed by atoms with Crippen molar-refractivity contribution >= 4 is 29.5 Å². The van der Waals surface area contributed by atoms with Crippen LogP contribution < -0.4 is 5.32 Å². The van der Waals surface area contributed by atoms with Crippen LogP contribution in [0.3, 0.4) is 0 Å². The van der Waals surface area contributed by atoms with Gasteiger partial charge in [-0.1, -0.05) is 37.3 Å². The fourth-order valence-corrected chi connectivity index (χ4v) is 2.36. The average molecular weight is 295 g/mol. The third-order valence-corrected chi connectivity index (χ3v) is 3.91. The van der Waals surface area contributed by atoms with Crippen molar-refractivity contribution in [1.82, 2.24) is 5.32 Å². The predicted octanol–water partition coefficient (Wildman–Crippen LogP) is 1.47. The van der Waals surface area contributed by atoms with Gasteiger partial charge < -0.3 is 5.11 Å². The molecule has 20 heavy (non-hydrogen) atoms. The standard InChI is InChI=1S/C14H17NO4S/c1-2-11(14(18)19)20-9-13(17)15-12(16)8-10-6-4-3-5-7-10/h3-7,11H,2,8-9H2,1H3,(H,18,19)(H,15,16,17). The molecule has 5 nitrogen and oxygen atoms in total. The number of hydrogen-bond acceptors (Lipinski definition) is 4. The Morgan fingerprint density at radius 3 is 2.40 bits per heavy atom. The van der Waals surface area contributed by atoms with Crippen molar-refractivity contribution in [1.29, 1.82) is 0 Å². The molecule has 0 aliphatic carbocycles. The van der Waals surface area contributed by atoms with Crippen molar-refractivity contribution < 1.29 is 19.5 Å². The van der Waals surface area contributed by atoms with E-state index in [-0.39, 0.29) is 18.1 Å². The van der Waals surface area contributed by atoms with Gasteiger partial charge in [-0.2, -0.15) is 0 Å². The van der Waals surface area contributed by atoms with Gasteiger partial charge in [-0.25, -0.2) is 0 Å². The summed E-state index contributed by atoms with van der Waals surface area (Å²) in [6.07, 6.45) is 0.568. The van der Waals surface area contributed by atoms with Gasteiger partial charge in [0.2, 0.25) is 11.8 Å². The molecule has 0 saturated carbocycles. The summed E-state index contributed by atoms with van der Waals surface area (Å²) in [5, 5.41) is 10.5. The summed E-state index contributed by atoms with van der Waals surface area (Å²) in [6.45, 7) is 1.74.